The van der Waals surface area contributed by atoms with E-state index in [1.165, 1.54) is 45.5 Å². The highest BCUT2D eigenvalue weighted by Crippen LogP contribution is 2.47. The summed E-state index contributed by atoms with van der Waals surface area (Å²) in [5.74, 6) is 2.80. The molecule has 0 fully saturated rings. The first-order valence-electron chi connectivity index (χ1n) is 41.3. The Morgan fingerprint density at radius 2 is 0.913 bits per heavy atom. The van der Waals surface area contributed by atoms with Crippen LogP contribution in [0.4, 0.5) is 0 Å². The fourth-order valence-electron chi connectivity index (χ4n) is 15.1. The number of aliphatic hydroxyl groups is 2. The summed E-state index contributed by atoms with van der Waals surface area (Å²) in [7, 11) is 2.52. The van der Waals surface area contributed by atoms with Gasteiger partial charge in [0, 0.05) is 88.1 Å². The standard InChI is InChI=1S/C29H35ClN2O3Si.C23H21ClN2O2.C16H15ClO3.C16H25IN2Si.C8H9ClO.C8H8O4/c1-19(20-10-13-22(30)14-11-20)35-25-15-12-21(17-26(25)34-5)27(33)24-18-32(36(6,7)29(2,3)4)28-23(24)9-8-16-31-28;1-15(17-6-8-19(24)9-7-17)28-21-10-5-16(13-22(21)27-2)12-18-14-26-23-20(18)4-3-11-25-23;1-11(13-4-6-14(17)7-5-13)20-15-8-3-12(10-18)9-16(15)19-2;1-11(2)20(12(3)4,13(5)6)19-10-15(17)14-8-7-9-18-16(14)19;1-6(10)7-2-4-8(9)5-3-7;1-12-7-4-5(8(10)11)2-3-6(7)9/h8-19,27,33H,1-7H3;3-11,13-15H,12H2,1-2H3,(H,25,26);3-11H,1-2H3;7-13H,1-6H3;2-6,10H,1H3;2-4,9H,1H3,(H,10,11). The number of nitrogens with zero attached hydrogens (tertiary/aromatic N) is 5. The molecule has 5 N–H and O–H groups in total. The van der Waals surface area contributed by atoms with E-state index >= 15 is 0 Å². The number of phenolic OH excluding ortho intramolecular Hbond substituents is 1. The summed E-state index contributed by atoms with van der Waals surface area (Å²) >= 11 is 25.9. The number of benzene rings is 8. The number of hydrogen-bond acceptors (Lipinski definition) is 15. The summed E-state index contributed by atoms with van der Waals surface area (Å²) in [5.41, 5.74) is 13.6. The Hall–Kier alpha value is -10.4. The molecule has 14 rings (SSSR count). The molecule has 0 bridgehead atoms. The van der Waals surface area contributed by atoms with Crippen LogP contribution in [0.25, 0.3) is 33.1 Å². The van der Waals surface area contributed by atoms with E-state index in [1.54, 1.807) is 64.8 Å². The third-order valence-electron chi connectivity index (χ3n) is 22.7. The van der Waals surface area contributed by atoms with E-state index < -0.39 is 34.6 Å². The molecule has 0 aliphatic heterocycles. The second-order valence-electron chi connectivity index (χ2n) is 32.8. The number of carbonyl (C=O) groups excluding carboxylic acids is 1. The van der Waals surface area contributed by atoms with E-state index in [0.29, 0.717) is 71.0 Å². The summed E-state index contributed by atoms with van der Waals surface area (Å²) in [6, 6.07) is 62.7. The van der Waals surface area contributed by atoms with Crippen molar-refractivity contribution in [2.75, 3.05) is 28.4 Å². The molecule has 126 heavy (non-hydrogen) atoms. The smallest absolute Gasteiger partial charge is 0.335 e. The molecule has 0 saturated carbocycles. The normalized spacial score (nSPS) is 12.6. The van der Waals surface area contributed by atoms with E-state index in [2.05, 4.69) is 147 Å². The molecular formula is C100H113Cl4IN6O13Si2. The Bertz CT molecular complexity index is 5880. The summed E-state index contributed by atoms with van der Waals surface area (Å²) in [5, 5.41) is 44.6. The number of aromatic amines is 1. The van der Waals surface area contributed by atoms with Crippen LogP contribution in [0.1, 0.15) is 186 Å². The van der Waals surface area contributed by atoms with Gasteiger partial charge in [0.05, 0.1) is 40.1 Å². The monoisotopic (exact) mass is 1930 g/mol. The molecule has 0 saturated heterocycles. The fourth-order valence-corrected chi connectivity index (χ4v) is 25.0. The van der Waals surface area contributed by atoms with E-state index in [1.807, 2.05) is 179 Å². The van der Waals surface area contributed by atoms with Crippen molar-refractivity contribution in [1.29, 1.82) is 0 Å². The lowest BCUT2D eigenvalue weighted by molar-refractivity contribution is 0.0696. The van der Waals surface area contributed by atoms with Crippen LogP contribution in [0.3, 0.4) is 0 Å². The quantitative estimate of drug-likeness (QED) is 0.0203. The number of hydrogen-bond donors (Lipinski definition) is 5. The molecule has 0 amide bonds. The number of nitrogens with one attached hydrogen (secondary N) is 1. The molecule has 19 nitrogen and oxygen atoms in total. The molecule has 0 aliphatic rings. The Morgan fingerprint density at radius 3 is 1.37 bits per heavy atom. The van der Waals surface area contributed by atoms with Crippen molar-refractivity contribution in [3.8, 4) is 46.0 Å². The number of carbonyl (C=O) groups is 2. The molecule has 0 aliphatic carbocycles. The van der Waals surface area contributed by atoms with Gasteiger partial charge in [0.15, 0.2) is 62.5 Å². The van der Waals surface area contributed by atoms with Gasteiger partial charge >= 0.3 is 5.97 Å². The zero-order valence-corrected chi connectivity index (χ0v) is 81.8. The highest BCUT2D eigenvalue weighted by molar-refractivity contribution is 14.1. The molecule has 664 valence electrons. The summed E-state index contributed by atoms with van der Waals surface area (Å²) < 4.78 is 45.6. The Morgan fingerprint density at radius 1 is 0.492 bits per heavy atom. The van der Waals surface area contributed by atoms with E-state index in [0.717, 1.165) is 79.5 Å². The number of aromatic carboxylic acids is 1. The lowest BCUT2D eigenvalue weighted by Gasteiger charge is -2.44. The van der Waals surface area contributed by atoms with Crippen LogP contribution in [-0.2, 0) is 6.42 Å². The number of aliphatic hydroxyl groups excluding tert-OH is 2. The van der Waals surface area contributed by atoms with Crippen molar-refractivity contribution < 1.29 is 63.2 Å². The van der Waals surface area contributed by atoms with Gasteiger partial charge in [-0.25, -0.2) is 19.7 Å². The number of pyridine rings is 3. The number of ether oxygens (including phenoxy) is 7. The van der Waals surface area contributed by atoms with Gasteiger partial charge in [-0.1, -0.05) is 182 Å². The Balaban J connectivity index is 0.000000179. The summed E-state index contributed by atoms with van der Waals surface area (Å²) in [6.45, 7) is 33.5. The van der Waals surface area contributed by atoms with Gasteiger partial charge in [-0.05, 0) is 263 Å². The molecule has 14 aromatic rings. The van der Waals surface area contributed by atoms with Gasteiger partial charge in [-0.3, -0.25) is 4.79 Å². The largest absolute Gasteiger partial charge is 0.504 e. The number of carboxylic acid groups (broad SMARTS) is 1. The molecule has 8 aromatic carbocycles. The number of methoxy groups -OCH3 is 4. The Kier molecular flexibility index (Phi) is 35.8. The van der Waals surface area contributed by atoms with Crippen LogP contribution < -0.4 is 33.2 Å². The lowest BCUT2D eigenvalue weighted by Crippen LogP contribution is -2.51. The van der Waals surface area contributed by atoms with Crippen molar-refractivity contribution in [2.24, 2.45) is 0 Å². The molecule has 5 atom stereocenters. The zero-order chi connectivity index (χ0) is 92.1. The number of carboxylic acids is 1. The maximum absolute atomic E-state index is 11.5. The second-order valence-corrected chi connectivity index (χ2v) is 46.5. The number of aldehydes is 1. The average Bonchev–Trinajstić information content (AvgIpc) is 1.56. The van der Waals surface area contributed by atoms with Gasteiger partial charge < -0.3 is 67.0 Å². The van der Waals surface area contributed by atoms with Crippen LogP contribution in [0.2, 0.25) is 54.8 Å². The van der Waals surface area contributed by atoms with Crippen LogP contribution >= 0.6 is 69.0 Å². The van der Waals surface area contributed by atoms with Crippen molar-refractivity contribution in [3.05, 3.63) is 323 Å². The van der Waals surface area contributed by atoms with Crippen LogP contribution in [0.15, 0.2) is 243 Å². The number of aromatic hydroxyl groups is 1. The van der Waals surface area contributed by atoms with E-state index in [9.17, 15) is 14.7 Å². The molecule has 0 radical (unpaired) electrons. The minimum absolute atomic E-state index is 0.0671. The fraction of sp³-hybridized carbons (Fsp3) is 0.290. The van der Waals surface area contributed by atoms with Crippen LogP contribution in [0.5, 0.6) is 46.0 Å². The summed E-state index contributed by atoms with van der Waals surface area (Å²) in [6.07, 6.45) is 11.9. The van der Waals surface area contributed by atoms with E-state index in [4.69, 9.17) is 105 Å². The van der Waals surface area contributed by atoms with Crippen LogP contribution in [0, 0.1) is 3.57 Å². The predicted molar refractivity (Wildman–Crippen MR) is 524 cm³/mol. The molecular weight excluding hydrogens is 1820 g/mol. The first-order valence-corrected chi connectivity index (χ1v) is 49.1. The number of fused-ring (bicyclic) bond motifs is 3. The number of rotatable bonds is 25. The highest BCUT2D eigenvalue weighted by Gasteiger charge is 2.46. The zero-order valence-electron chi connectivity index (χ0n) is 74.6. The predicted octanol–water partition coefficient (Wildman–Crippen LogP) is 27.2. The van der Waals surface area contributed by atoms with Crippen molar-refractivity contribution in [2.45, 2.75) is 162 Å². The van der Waals surface area contributed by atoms with Gasteiger partial charge in [0.2, 0.25) is 0 Å². The van der Waals surface area contributed by atoms with Crippen LogP contribution in [-0.4, -0.2) is 106 Å². The minimum atomic E-state index is -1.96. The number of aromatic nitrogens is 6. The third-order valence-corrected chi connectivity index (χ3v) is 36.5. The Labute approximate surface area is 775 Å². The molecule has 26 heteroatoms. The van der Waals surface area contributed by atoms with E-state index in [-0.39, 0.29) is 40.4 Å². The summed E-state index contributed by atoms with van der Waals surface area (Å²) in [4.78, 5) is 38.2. The SMILES string of the molecule is CC(C)[Si](C(C)C)(C(C)C)n1cc(I)c2cccnc21.CC(O)c1ccc(Cl)cc1.COc1cc(C(=O)O)ccc1O.COc1cc(C(O)c2cn([Si](C)(C)C(C)(C)C)c3ncccc23)ccc1OC(C)c1ccc(Cl)cc1.COc1cc(C=O)ccc1OC(C)c1ccc(Cl)cc1.COc1cc(Cc2c[nH]c3ncccc23)ccc1OC(C)c1ccc(Cl)cc1. The topological polar surface area (TPSA) is 244 Å². The van der Waals surface area contributed by atoms with Crippen molar-refractivity contribution in [1.82, 2.24) is 28.4 Å². The van der Waals surface area contributed by atoms with Gasteiger partial charge in [-0.2, -0.15) is 0 Å². The van der Waals surface area contributed by atoms with Crippen molar-refractivity contribution in [3.63, 3.8) is 0 Å². The lowest BCUT2D eigenvalue weighted by atomic mass is 10.0. The third kappa shape index (κ3) is 24.9. The average molecular weight is 1930 g/mol. The van der Waals surface area contributed by atoms with Crippen molar-refractivity contribution >= 4 is 131 Å². The highest BCUT2D eigenvalue weighted by atomic mass is 127. The maximum atomic E-state index is 11.5. The van der Waals surface area contributed by atoms with Gasteiger partial charge in [0.25, 0.3) is 0 Å². The molecule has 0 spiro atoms. The minimum Gasteiger partial charge on any atom is -0.504 e. The van der Waals surface area contributed by atoms with Gasteiger partial charge in [-0.15, -0.1) is 0 Å². The number of phenols is 1. The maximum Gasteiger partial charge on any atom is 0.335 e. The number of halogens is 5. The van der Waals surface area contributed by atoms with Gasteiger partial charge in [0.1, 0.15) is 47.6 Å². The molecule has 6 aromatic heterocycles. The first-order chi connectivity index (χ1) is 59.9. The first kappa shape index (κ1) is 99.4. The molecule has 6 heterocycles. The second kappa shape index (κ2) is 45.4. The number of H-pyrrole nitrogens is 1. The molecule has 5 unspecified atom stereocenters.